The van der Waals surface area contributed by atoms with Gasteiger partial charge in [-0.1, -0.05) is 72.6 Å². The van der Waals surface area contributed by atoms with Gasteiger partial charge < -0.3 is 0 Å². The molecule has 0 aromatic heterocycles. The predicted octanol–water partition coefficient (Wildman–Crippen LogP) is -29.3. The molecule has 270 valence electrons. The number of benzene rings is 1. The van der Waals surface area contributed by atoms with Crippen LogP contribution >= 0.6 is 0 Å². The third-order valence-electron chi connectivity index (χ3n) is 19.3. The molecule has 63 heavy (non-hydrogen) atoms. The molecule has 0 radical (unpaired) electrons. The zero-order valence-electron chi connectivity index (χ0n) is 47.7. The fourth-order valence-electron chi connectivity index (χ4n) is 16.5. The lowest BCUT2D eigenvalue weighted by Crippen LogP contribution is -2.88. The Kier molecular flexibility index (Phi) is 28.4. The Morgan fingerprint density at radius 3 is 1.10 bits per heavy atom. The van der Waals surface area contributed by atoms with E-state index in [4.69, 9.17) is 0 Å². The van der Waals surface area contributed by atoms with Gasteiger partial charge in [0.2, 0.25) is 0 Å². The van der Waals surface area contributed by atoms with Crippen LogP contribution in [-0.2, 0) is 0 Å². The Labute approximate surface area is 430 Å². The van der Waals surface area contributed by atoms with E-state index in [0.717, 1.165) is 75.6 Å². The van der Waals surface area contributed by atoms with Crippen LogP contribution in [0.2, 0.25) is 11.6 Å². The highest BCUT2D eigenvalue weighted by Crippen LogP contribution is 2.43. The zero-order valence-corrected chi connectivity index (χ0v) is 47.7. The van der Waals surface area contributed by atoms with Crippen molar-refractivity contribution in [1.82, 2.24) is 0 Å². The molecule has 0 nitrogen and oxygen atoms in total. The lowest BCUT2D eigenvalue weighted by atomic mass is 8.32. The van der Waals surface area contributed by atoms with E-state index >= 15 is 0 Å². The highest BCUT2D eigenvalue weighted by molar-refractivity contribution is 8.25. The average Bonchev–Trinajstić information content (AvgIpc) is 3.19. The van der Waals surface area contributed by atoms with Crippen molar-refractivity contribution in [2.24, 2.45) is 0 Å². The summed E-state index contributed by atoms with van der Waals surface area (Å²) in [6, 6.07) is 10.0. The summed E-state index contributed by atoms with van der Waals surface area (Å²) in [5, 5.41) is 0. The summed E-state index contributed by atoms with van der Waals surface area (Å²) < 4.78 is 0. The van der Waals surface area contributed by atoms with Crippen molar-refractivity contribution < 1.29 is 0 Å². The normalized spacial score (nSPS) is 13.8. The van der Waals surface area contributed by atoms with Crippen LogP contribution in [0.15, 0.2) is 24.3 Å². The van der Waals surface area contributed by atoms with Crippen molar-refractivity contribution in [3.63, 3.8) is 0 Å². The van der Waals surface area contributed by atoms with Crippen LogP contribution in [0.1, 0.15) is 31.2 Å². The third-order valence-corrected chi connectivity index (χ3v) is 19.3. The van der Waals surface area contributed by atoms with Crippen molar-refractivity contribution in [2.75, 3.05) is 0 Å². The van der Waals surface area contributed by atoms with Crippen LogP contribution in [0, 0.1) is 6.92 Å². The Hall–Kier alpha value is 2.47. The first-order valence-corrected chi connectivity index (χ1v) is 28.4. The molecule has 0 spiro atoms. The van der Waals surface area contributed by atoms with E-state index in [1.165, 1.54) is 52.4 Å². The van der Waals surface area contributed by atoms with E-state index in [1.807, 2.05) is 0 Å². The monoisotopic (exact) mass is 775 g/mol. The molecule has 1 aromatic carbocycles. The second-order valence-corrected chi connectivity index (χ2v) is 26.2. The maximum Gasteiger partial charge on any atom is 0.0901 e. The maximum absolute atomic E-state index is 2.71. The van der Waals surface area contributed by atoms with Crippen molar-refractivity contribution in [3.05, 3.63) is 29.8 Å². The lowest BCUT2D eigenvalue weighted by molar-refractivity contribution is 0.499. The molecule has 0 N–H and O–H groups in total. The average molecular weight is 765 g/mol. The molecule has 1 aliphatic rings. The summed E-state index contributed by atoms with van der Waals surface area (Å²) in [6.45, 7) is 4.34. The molecule has 1 aliphatic carbocycles. The first-order valence-electron chi connectivity index (χ1n) is 28.4. The van der Waals surface area contributed by atoms with Crippen LogP contribution in [0.25, 0.3) is 0 Å². The topological polar surface area (TPSA) is 0 Å². The molecule has 0 aliphatic heterocycles. The van der Waals surface area contributed by atoms with Crippen LogP contribution in [0.3, 0.4) is 0 Å². The highest BCUT2D eigenvalue weighted by atomic mass is 14.2. The maximum atomic E-state index is 2.71. The van der Waals surface area contributed by atoms with Crippen LogP contribution < -0.4 is 5.46 Å². The molecular formula is C13H68B50. The molecule has 50 heteroatoms. The van der Waals surface area contributed by atoms with Crippen molar-refractivity contribution in [3.8, 4) is 0 Å². The Bertz CT molecular complexity index is 1360. The summed E-state index contributed by atoms with van der Waals surface area (Å²) in [4.78, 5) is 0. The van der Waals surface area contributed by atoms with E-state index in [0.29, 0.717) is 83.2 Å². The molecule has 0 amide bonds. The second kappa shape index (κ2) is 29.1. The summed E-state index contributed by atoms with van der Waals surface area (Å²) >= 11 is 0. The minimum absolute atomic E-state index is 0.593. The fraction of sp³-hybridized carbons (Fsp3) is 0.538. The van der Waals surface area contributed by atoms with E-state index in [2.05, 4.69) is 217 Å². The minimum Gasteiger partial charge on any atom is -0.0984 e. The van der Waals surface area contributed by atoms with Crippen molar-refractivity contribution in [2.45, 2.75) is 44.2 Å². The van der Waals surface area contributed by atoms with E-state index < -0.39 is 0 Å². The summed E-state index contributed by atoms with van der Waals surface area (Å²) in [5.41, 5.74) is 3.04. The molecule has 0 heterocycles. The van der Waals surface area contributed by atoms with Crippen molar-refractivity contribution in [1.29, 1.82) is 0 Å². The third kappa shape index (κ3) is 16.2. The zero-order chi connectivity index (χ0) is 48.4. The smallest absolute Gasteiger partial charge is 0.0901 e. The van der Waals surface area contributed by atoms with Gasteiger partial charge in [0.05, 0.1) is 199 Å². The van der Waals surface area contributed by atoms with Crippen LogP contribution in [-0.4, -0.2) is 354 Å². The van der Waals surface area contributed by atoms with Gasteiger partial charge in [-0.05, 0) is 6.92 Å². The fourth-order valence-corrected chi connectivity index (χ4v) is 16.5. The summed E-state index contributed by atoms with van der Waals surface area (Å²) in [6.07, 6.45) is 19.9. The Morgan fingerprint density at radius 2 is 0.762 bits per heavy atom. The van der Waals surface area contributed by atoms with E-state index in [-0.39, 0.29) is 0 Å². The number of hydrogen-bond acceptors (Lipinski definition) is 0. The Morgan fingerprint density at radius 1 is 0.381 bits per heavy atom. The number of hydrogen-bond donors (Lipinski definition) is 0. The van der Waals surface area contributed by atoms with Gasteiger partial charge in [0, 0.05) is 155 Å². The molecular weight excluding hydrogens is 697 g/mol. The van der Waals surface area contributed by atoms with Crippen molar-refractivity contribution >= 4 is 360 Å². The van der Waals surface area contributed by atoms with Crippen LogP contribution in [0.5, 0.6) is 0 Å². The first kappa shape index (κ1) is 61.6. The SMILES string of the molecule is BBB(B)B(B(B(B)B)B(B)B)B(B(B(B)B)B(BB)B(B)B)B(B(B(B)B)B(B)B(B)B)C1CCC(B(B(B(B)B)B(B)BB)B(B(B(B)B)B(B)B)c2ccc(C)cc2)CC1. The molecule has 1 saturated carbocycles. The van der Waals surface area contributed by atoms with E-state index in [1.54, 1.807) is 5.46 Å². The van der Waals surface area contributed by atoms with Gasteiger partial charge in [0.25, 0.3) is 0 Å². The largest absolute Gasteiger partial charge is 0.0984 e. The van der Waals surface area contributed by atoms with Gasteiger partial charge in [-0.2, -0.15) is 0 Å². The molecule has 0 saturated heterocycles. The molecule has 0 unspecified atom stereocenters. The second-order valence-electron chi connectivity index (χ2n) is 26.2. The summed E-state index contributed by atoms with van der Waals surface area (Å²) in [5.74, 6) is 1.57. The van der Waals surface area contributed by atoms with E-state index in [9.17, 15) is 0 Å². The number of rotatable bonds is 27. The highest BCUT2D eigenvalue weighted by Gasteiger charge is 2.58. The predicted molar refractivity (Wildman–Crippen MR) is 416 cm³/mol. The molecule has 0 bridgehead atoms. The quantitative estimate of drug-likeness (QED) is 0.0783. The standard InChI is InChI=1S/C13H68B50/c1-10-2-4-11(5-3-10)41(57(46(21)22)47(23)24)42(58(48(25)26)53(35)38-14)12-6-8-13(9-7-12)43(59(49(27)28)55(37)44(17)18)60(62(52(33)34)56(40-16)45(19)20)63(54(36)39-15)61(50(29)30)51(31)32/h2-5,12-13,38-40H,6-9,14-37H2,1H3. The molecule has 1 fully saturated rings. The van der Waals surface area contributed by atoms with Crippen LogP contribution in [0.4, 0.5) is 0 Å². The molecule has 1 aromatic rings. The lowest BCUT2D eigenvalue weighted by Gasteiger charge is -2.53. The van der Waals surface area contributed by atoms with Gasteiger partial charge in [-0.15, -0.1) is 0 Å². The van der Waals surface area contributed by atoms with Gasteiger partial charge in [-0.3, -0.25) is 0 Å². The van der Waals surface area contributed by atoms with Gasteiger partial charge >= 0.3 is 0 Å². The first-order chi connectivity index (χ1) is 29.3. The van der Waals surface area contributed by atoms with Gasteiger partial charge in [0.1, 0.15) is 0 Å². The Balaban J connectivity index is 3.13. The molecule has 0 atom stereocenters. The van der Waals surface area contributed by atoms with Gasteiger partial charge in [0.15, 0.2) is 0 Å². The number of aryl methyl sites for hydroxylation is 1. The molecule has 2 rings (SSSR count). The van der Waals surface area contributed by atoms with Gasteiger partial charge in [-0.25, -0.2) is 0 Å². The minimum atomic E-state index is 0.593. The summed E-state index contributed by atoms with van der Waals surface area (Å²) in [7, 11) is 66.3.